The van der Waals surface area contributed by atoms with Gasteiger partial charge in [0.1, 0.15) is 0 Å². The Balaban J connectivity index is 1.12. The van der Waals surface area contributed by atoms with Crippen LogP contribution in [0.5, 0.6) is 0 Å². The molecule has 3 aliphatic rings. The van der Waals surface area contributed by atoms with Crippen LogP contribution in [0.2, 0.25) is 0 Å². The van der Waals surface area contributed by atoms with Crippen molar-refractivity contribution in [2.24, 2.45) is 5.92 Å². The Kier molecular flexibility index (Phi) is 7.09. The first-order chi connectivity index (χ1) is 16.9. The summed E-state index contributed by atoms with van der Waals surface area (Å²) in [6.45, 7) is 5.56. The molecule has 5 rings (SSSR count). The summed E-state index contributed by atoms with van der Waals surface area (Å²) in [7, 11) is -3.59. The van der Waals surface area contributed by atoms with Crippen LogP contribution in [0.4, 0.5) is 0 Å². The Bertz CT molecular complexity index is 1180. The fourth-order valence-electron chi connectivity index (χ4n) is 5.46. The Morgan fingerprint density at radius 1 is 0.771 bits per heavy atom. The molecule has 3 fully saturated rings. The van der Waals surface area contributed by atoms with E-state index in [4.69, 9.17) is 0 Å². The minimum Gasteiger partial charge on any atom is -0.342 e. The second kappa shape index (κ2) is 10.2. The first-order valence-corrected chi connectivity index (χ1v) is 14.1. The molecule has 35 heavy (non-hydrogen) atoms. The van der Waals surface area contributed by atoms with Crippen LogP contribution < -0.4 is 0 Å². The van der Waals surface area contributed by atoms with Crippen LogP contribution in [0.1, 0.15) is 25.7 Å². The van der Waals surface area contributed by atoms with Gasteiger partial charge in [-0.15, -0.1) is 0 Å². The number of nitrogens with zero attached hydrogens (tertiary/aromatic N) is 4. The third-order valence-electron chi connectivity index (χ3n) is 7.66. The smallest absolute Gasteiger partial charge is 0.243 e. The number of rotatable bonds is 5. The Hall–Kier alpha value is -2.49. The van der Waals surface area contributed by atoms with E-state index in [0.717, 1.165) is 36.7 Å². The average molecular weight is 499 g/mol. The Morgan fingerprint density at radius 2 is 1.43 bits per heavy atom. The zero-order valence-corrected chi connectivity index (χ0v) is 21.0. The van der Waals surface area contributed by atoms with E-state index in [2.05, 4.69) is 4.90 Å². The number of piperazine rings is 1. The summed E-state index contributed by atoms with van der Waals surface area (Å²) in [6.07, 6.45) is 3.27. The lowest BCUT2D eigenvalue weighted by molar-refractivity contribution is -0.139. The van der Waals surface area contributed by atoms with Gasteiger partial charge in [-0.1, -0.05) is 30.3 Å². The molecule has 2 amide bonds. The molecule has 0 radical (unpaired) electrons. The number of sulfonamides is 1. The van der Waals surface area contributed by atoms with E-state index in [-0.39, 0.29) is 17.7 Å². The van der Waals surface area contributed by atoms with Crippen molar-refractivity contribution in [1.29, 1.82) is 0 Å². The topological polar surface area (TPSA) is 81.2 Å². The molecule has 8 nitrogen and oxygen atoms in total. The molecule has 3 heterocycles. The summed E-state index contributed by atoms with van der Waals surface area (Å²) >= 11 is 0. The first kappa shape index (κ1) is 24.2. The van der Waals surface area contributed by atoms with E-state index in [0.29, 0.717) is 63.6 Å². The predicted molar refractivity (Wildman–Crippen MR) is 134 cm³/mol. The van der Waals surface area contributed by atoms with Gasteiger partial charge < -0.3 is 9.80 Å². The molecule has 2 aromatic rings. The van der Waals surface area contributed by atoms with Crippen molar-refractivity contribution in [3.63, 3.8) is 0 Å². The maximum atomic E-state index is 13.2. The zero-order chi connectivity index (χ0) is 24.4. The van der Waals surface area contributed by atoms with Crippen LogP contribution in [0.25, 0.3) is 10.8 Å². The van der Waals surface area contributed by atoms with Crippen molar-refractivity contribution in [3.05, 3.63) is 42.5 Å². The third-order valence-corrected chi connectivity index (χ3v) is 9.56. The van der Waals surface area contributed by atoms with Crippen molar-refractivity contribution in [3.8, 4) is 0 Å². The summed E-state index contributed by atoms with van der Waals surface area (Å²) in [6, 6.07) is 13.0. The summed E-state index contributed by atoms with van der Waals surface area (Å²) < 4.78 is 28.0. The summed E-state index contributed by atoms with van der Waals surface area (Å²) in [5.41, 5.74) is 0. The number of hydrogen-bond acceptors (Lipinski definition) is 5. The van der Waals surface area contributed by atoms with Gasteiger partial charge in [0, 0.05) is 58.3 Å². The molecule has 0 N–H and O–H groups in total. The number of amides is 2. The van der Waals surface area contributed by atoms with Crippen molar-refractivity contribution in [2.45, 2.75) is 30.6 Å². The molecule has 9 heteroatoms. The number of benzene rings is 2. The van der Waals surface area contributed by atoms with E-state index in [1.54, 1.807) is 12.1 Å². The normalized spacial score (nSPS) is 21.0. The SMILES string of the molecule is O=C(CN1CCN(C(=O)C2CCN(S(=O)(=O)c3ccc4ccccc4c3)CC2)CC1)N1CCCC1. The molecule has 0 spiro atoms. The van der Waals surface area contributed by atoms with Gasteiger partial charge in [0.25, 0.3) is 0 Å². The molecule has 2 aromatic carbocycles. The minimum atomic E-state index is -3.59. The lowest BCUT2D eigenvalue weighted by Gasteiger charge is -2.38. The number of likely N-dealkylation sites (tertiary alicyclic amines) is 1. The molecule has 0 bridgehead atoms. The molecule has 0 aromatic heterocycles. The van der Waals surface area contributed by atoms with Crippen LogP contribution in [0.15, 0.2) is 47.4 Å². The predicted octanol–water partition coefficient (Wildman–Crippen LogP) is 2.01. The van der Waals surface area contributed by atoms with Crippen LogP contribution in [-0.4, -0.2) is 98.1 Å². The standard InChI is InChI=1S/C26H34N4O4S/c31-25(28-11-3-4-12-28)20-27-15-17-29(18-16-27)26(32)22-9-13-30(14-10-22)35(33,34)24-8-7-21-5-1-2-6-23(21)19-24/h1-2,5-8,19,22H,3-4,9-18,20H2. The molecular weight excluding hydrogens is 464 g/mol. The Labute approximate surface area is 207 Å². The number of piperidine rings is 1. The molecule has 0 aliphatic carbocycles. The van der Waals surface area contributed by atoms with Gasteiger partial charge in [-0.3, -0.25) is 14.5 Å². The maximum absolute atomic E-state index is 13.2. The van der Waals surface area contributed by atoms with Gasteiger partial charge in [-0.25, -0.2) is 8.42 Å². The van der Waals surface area contributed by atoms with E-state index >= 15 is 0 Å². The highest BCUT2D eigenvalue weighted by Crippen LogP contribution is 2.27. The summed E-state index contributed by atoms with van der Waals surface area (Å²) in [5.74, 6) is 0.177. The molecule has 3 aliphatic heterocycles. The van der Waals surface area contributed by atoms with Gasteiger partial charge >= 0.3 is 0 Å². The highest BCUT2D eigenvalue weighted by molar-refractivity contribution is 7.89. The second-order valence-electron chi connectivity index (χ2n) is 9.88. The largest absolute Gasteiger partial charge is 0.342 e. The van der Waals surface area contributed by atoms with E-state index in [1.807, 2.05) is 40.1 Å². The van der Waals surface area contributed by atoms with E-state index in [1.165, 1.54) is 4.31 Å². The molecule has 0 atom stereocenters. The minimum absolute atomic E-state index is 0.123. The third kappa shape index (κ3) is 5.22. The van der Waals surface area contributed by atoms with E-state index in [9.17, 15) is 18.0 Å². The zero-order valence-electron chi connectivity index (χ0n) is 20.1. The van der Waals surface area contributed by atoms with Crippen LogP contribution >= 0.6 is 0 Å². The van der Waals surface area contributed by atoms with Gasteiger partial charge in [0.15, 0.2) is 0 Å². The number of carbonyl (C=O) groups excluding carboxylic acids is 2. The Morgan fingerprint density at radius 3 is 2.11 bits per heavy atom. The fraction of sp³-hybridized carbons (Fsp3) is 0.538. The van der Waals surface area contributed by atoms with E-state index < -0.39 is 10.0 Å². The highest BCUT2D eigenvalue weighted by Gasteiger charge is 2.35. The number of hydrogen-bond donors (Lipinski definition) is 0. The molecule has 3 saturated heterocycles. The fourth-order valence-corrected chi connectivity index (χ4v) is 6.97. The van der Waals surface area contributed by atoms with Crippen molar-refractivity contribution < 1.29 is 18.0 Å². The maximum Gasteiger partial charge on any atom is 0.243 e. The van der Waals surface area contributed by atoms with Gasteiger partial charge in [-0.2, -0.15) is 4.31 Å². The number of fused-ring (bicyclic) bond motifs is 1. The lowest BCUT2D eigenvalue weighted by Crippen LogP contribution is -2.53. The summed E-state index contributed by atoms with van der Waals surface area (Å²) in [4.78, 5) is 31.8. The van der Waals surface area contributed by atoms with Crippen molar-refractivity contribution in [2.75, 3.05) is 58.9 Å². The van der Waals surface area contributed by atoms with Crippen LogP contribution in [0, 0.1) is 5.92 Å². The monoisotopic (exact) mass is 498 g/mol. The second-order valence-corrected chi connectivity index (χ2v) is 11.8. The molecular formula is C26H34N4O4S. The first-order valence-electron chi connectivity index (χ1n) is 12.7. The van der Waals surface area contributed by atoms with Gasteiger partial charge in [-0.05, 0) is 48.6 Å². The highest BCUT2D eigenvalue weighted by atomic mass is 32.2. The van der Waals surface area contributed by atoms with Gasteiger partial charge in [0.05, 0.1) is 11.4 Å². The number of carbonyl (C=O) groups is 2. The van der Waals surface area contributed by atoms with Crippen LogP contribution in [-0.2, 0) is 19.6 Å². The van der Waals surface area contributed by atoms with Gasteiger partial charge in [0.2, 0.25) is 21.8 Å². The summed E-state index contributed by atoms with van der Waals surface area (Å²) in [5, 5.41) is 1.91. The average Bonchev–Trinajstić information content (AvgIpc) is 3.44. The molecule has 188 valence electrons. The van der Waals surface area contributed by atoms with Crippen molar-refractivity contribution >= 4 is 32.6 Å². The van der Waals surface area contributed by atoms with Crippen LogP contribution in [0.3, 0.4) is 0 Å². The van der Waals surface area contributed by atoms with Crippen molar-refractivity contribution in [1.82, 2.24) is 19.0 Å². The lowest BCUT2D eigenvalue weighted by atomic mass is 9.96. The quantitative estimate of drug-likeness (QED) is 0.630. The molecule has 0 unspecified atom stereocenters. The molecule has 0 saturated carbocycles.